The van der Waals surface area contributed by atoms with Crippen LogP contribution in [0.25, 0.3) is 0 Å². The molecule has 1 unspecified atom stereocenters. The van der Waals surface area contributed by atoms with E-state index in [-0.39, 0.29) is 10.2 Å². The van der Waals surface area contributed by atoms with Gasteiger partial charge in [0.2, 0.25) is 5.03 Å². The zero-order chi connectivity index (χ0) is 14.9. The summed E-state index contributed by atoms with van der Waals surface area (Å²) in [7, 11) is -1.91. The number of hydrogen-bond donors (Lipinski definition) is 0. The molecule has 0 bridgehead atoms. The molecule has 0 radical (unpaired) electrons. The monoisotopic (exact) mass is 320 g/mol. The van der Waals surface area contributed by atoms with Crippen LogP contribution in [0.5, 0.6) is 0 Å². The van der Waals surface area contributed by atoms with Crippen LogP contribution in [0.2, 0.25) is 5.15 Å². The average Bonchev–Trinajstić information content (AvgIpc) is 2.79. The fraction of sp³-hybridized carbons (Fsp3) is 0.750. The average molecular weight is 321 g/mol. The van der Waals surface area contributed by atoms with Gasteiger partial charge in [0.15, 0.2) is 0 Å². The van der Waals surface area contributed by atoms with Crippen molar-refractivity contribution in [2.75, 3.05) is 26.2 Å². The van der Waals surface area contributed by atoms with Gasteiger partial charge in [-0.25, -0.2) is 13.4 Å². The van der Waals surface area contributed by atoms with E-state index in [1.54, 1.807) is 7.05 Å². The van der Waals surface area contributed by atoms with Crippen LogP contribution in [0.15, 0.2) is 11.4 Å². The lowest BCUT2D eigenvalue weighted by molar-refractivity contribution is 0.142. The van der Waals surface area contributed by atoms with Gasteiger partial charge >= 0.3 is 0 Å². The van der Waals surface area contributed by atoms with E-state index in [2.05, 4.69) is 23.7 Å². The molecule has 0 aromatic carbocycles. The molecule has 0 saturated carbocycles. The van der Waals surface area contributed by atoms with Crippen LogP contribution in [-0.2, 0) is 17.1 Å². The lowest BCUT2D eigenvalue weighted by atomic mass is 10.2. The number of nitrogens with zero attached hydrogens (tertiary/aromatic N) is 4. The van der Waals surface area contributed by atoms with Crippen LogP contribution >= 0.6 is 11.6 Å². The molecule has 1 fully saturated rings. The fourth-order valence-electron chi connectivity index (χ4n) is 2.33. The molecule has 1 atom stereocenters. The topological polar surface area (TPSA) is 58.4 Å². The molecular formula is C12H21ClN4O2S. The maximum Gasteiger partial charge on any atom is 0.263 e. The number of hydrogen-bond acceptors (Lipinski definition) is 4. The Morgan fingerprint density at radius 2 is 1.95 bits per heavy atom. The number of aryl methyl sites for hydroxylation is 1. The van der Waals surface area contributed by atoms with E-state index >= 15 is 0 Å². The van der Waals surface area contributed by atoms with Gasteiger partial charge in [-0.15, -0.1) is 0 Å². The van der Waals surface area contributed by atoms with Crippen molar-refractivity contribution in [3.8, 4) is 0 Å². The zero-order valence-corrected chi connectivity index (χ0v) is 13.7. The highest BCUT2D eigenvalue weighted by Crippen LogP contribution is 2.23. The Hall–Kier alpha value is -0.630. The van der Waals surface area contributed by atoms with Crippen molar-refractivity contribution in [1.82, 2.24) is 18.8 Å². The van der Waals surface area contributed by atoms with Gasteiger partial charge in [-0.3, -0.25) is 4.90 Å². The van der Waals surface area contributed by atoms with Crippen molar-refractivity contribution in [1.29, 1.82) is 0 Å². The maximum atomic E-state index is 12.5. The van der Waals surface area contributed by atoms with Crippen LogP contribution in [0.3, 0.4) is 0 Å². The molecule has 2 rings (SSSR count). The molecule has 0 N–H and O–H groups in total. The van der Waals surface area contributed by atoms with Crippen LogP contribution in [0, 0.1) is 0 Å². The molecule has 0 spiro atoms. The normalized spacial score (nSPS) is 20.2. The van der Waals surface area contributed by atoms with Gasteiger partial charge in [0.25, 0.3) is 10.0 Å². The smallest absolute Gasteiger partial charge is 0.263 e. The first-order valence-corrected chi connectivity index (χ1v) is 8.60. The summed E-state index contributed by atoms with van der Waals surface area (Å²) >= 11 is 6.00. The molecule has 1 aliphatic rings. The molecule has 6 nitrogen and oxygen atoms in total. The van der Waals surface area contributed by atoms with E-state index < -0.39 is 10.0 Å². The predicted molar refractivity (Wildman–Crippen MR) is 78.3 cm³/mol. The summed E-state index contributed by atoms with van der Waals surface area (Å²) in [5.41, 5.74) is 0. The summed E-state index contributed by atoms with van der Waals surface area (Å²) < 4.78 is 28.0. The van der Waals surface area contributed by atoms with Crippen molar-refractivity contribution in [2.45, 2.75) is 31.3 Å². The van der Waals surface area contributed by atoms with Gasteiger partial charge in [0.1, 0.15) is 5.15 Å². The van der Waals surface area contributed by atoms with E-state index in [0.717, 1.165) is 19.5 Å². The maximum absolute atomic E-state index is 12.5. The van der Waals surface area contributed by atoms with E-state index in [1.807, 2.05) is 0 Å². The number of sulfonamides is 1. The first-order valence-electron chi connectivity index (χ1n) is 6.79. The molecule has 8 heteroatoms. The number of rotatable bonds is 4. The lowest BCUT2D eigenvalue weighted by Crippen LogP contribution is -2.51. The van der Waals surface area contributed by atoms with Crippen molar-refractivity contribution in [3.05, 3.63) is 11.5 Å². The second-order valence-corrected chi connectivity index (χ2v) is 7.36. The third-order valence-corrected chi connectivity index (χ3v) is 6.30. The predicted octanol–water partition coefficient (Wildman–Crippen LogP) is 1.18. The molecule has 1 saturated heterocycles. The van der Waals surface area contributed by atoms with Gasteiger partial charge in [0.05, 0.1) is 6.33 Å². The van der Waals surface area contributed by atoms with Crippen LogP contribution in [0.1, 0.15) is 20.3 Å². The van der Waals surface area contributed by atoms with Crippen molar-refractivity contribution >= 4 is 21.6 Å². The van der Waals surface area contributed by atoms with E-state index in [4.69, 9.17) is 11.6 Å². The first-order chi connectivity index (χ1) is 9.37. The molecule has 1 aromatic rings. The molecule has 114 valence electrons. The van der Waals surface area contributed by atoms with Gasteiger partial charge in [-0.05, 0) is 13.3 Å². The van der Waals surface area contributed by atoms with Crippen molar-refractivity contribution < 1.29 is 8.42 Å². The Kier molecular flexibility index (Phi) is 4.73. The molecule has 1 aromatic heterocycles. The summed E-state index contributed by atoms with van der Waals surface area (Å²) in [6, 6.07) is 0.485. The lowest BCUT2D eigenvalue weighted by Gasteiger charge is -2.36. The highest BCUT2D eigenvalue weighted by Gasteiger charge is 2.33. The minimum atomic E-state index is -3.58. The number of piperazine rings is 1. The number of imidazole rings is 1. The third kappa shape index (κ3) is 2.86. The zero-order valence-electron chi connectivity index (χ0n) is 12.1. The van der Waals surface area contributed by atoms with Gasteiger partial charge in [-0.2, -0.15) is 4.31 Å². The van der Waals surface area contributed by atoms with Gasteiger partial charge < -0.3 is 4.57 Å². The summed E-state index contributed by atoms with van der Waals surface area (Å²) in [6.45, 7) is 6.78. The summed E-state index contributed by atoms with van der Waals surface area (Å²) in [5.74, 6) is 0. The quantitative estimate of drug-likeness (QED) is 0.836. The second kappa shape index (κ2) is 6.01. The summed E-state index contributed by atoms with van der Waals surface area (Å²) in [4.78, 5) is 6.23. The minimum Gasteiger partial charge on any atom is -0.324 e. The molecule has 0 aliphatic carbocycles. The molecule has 20 heavy (non-hydrogen) atoms. The molecule has 2 heterocycles. The molecule has 1 aliphatic heterocycles. The highest BCUT2D eigenvalue weighted by atomic mass is 35.5. The summed E-state index contributed by atoms with van der Waals surface area (Å²) in [6.07, 6.45) is 2.49. The van der Waals surface area contributed by atoms with Crippen molar-refractivity contribution in [2.24, 2.45) is 7.05 Å². The van der Waals surface area contributed by atoms with E-state index in [9.17, 15) is 8.42 Å². The van der Waals surface area contributed by atoms with Crippen molar-refractivity contribution in [3.63, 3.8) is 0 Å². The first kappa shape index (κ1) is 15.8. The van der Waals surface area contributed by atoms with E-state index in [1.165, 1.54) is 15.2 Å². The summed E-state index contributed by atoms with van der Waals surface area (Å²) in [5, 5.41) is 0.119. The Morgan fingerprint density at radius 1 is 1.35 bits per heavy atom. The Morgan fingerprint density at radius 3 is 2.40 bits per heavy atom. The fourth-order valence-corrected chi connectivity index (χ4v) is 4.14. The third-order valence-electron chi connectivity index (χ3n) is 3.91. The van der Waals surface area contributed by atoms with Crippen LogP contribution in [0.4, 0.5) is 0 Å². The standard InChI is InChI=1S/C12H21ClN4O2S/c1-4-10(2)16-5-7-17(8-6-16)20(18,19)12-11(13)15(3)9-14-12/h9-10H,4-8H2,1-3H3. The second-order valence-electron chi connectivity index (χ2n) is 5.15. The Bertz CT molecular complexity index is 564. The number of aromatic nitrogens is 2. The molecule has 0 amide bonds. The Labute approximate surface area is 125 Å². The van der Waals surface area contributed by atoms with Crippen LogP contribution in [-0.4, -0.2) is 59.4 Å². The highest BCUT2D eigenvalue weighted by molar-refractivity contribution is 7.89. The van der Waals surface area contributed by atoms with Crippen LogP contribution < -0.4 is 0 Å². The number of halogens is 1. The Balaban J connectivity index is 2.12. The SMILES string of the molecule is CCC(C)N1CCN(S(=O)(=O)c2ncn(C)c2Cl)CC1. The van der Waals surface area contributed by atoms with Gasteiger partial charge in [0, 0.05) is 39.3 Å². The largest absolute Gasteiger partial charge is 0.324 e. The van der Waals surface area contributed by atoms with Gasteiger partial charge in [-0.1, -0.05) is 18.5 Å². The molecular weight excluding hydrogens is 300 g/mol. The van der Waals surface area contributed by atoms with E-state index in [0.29, 0.717) is 19.1 Å². The minimum absolute atomic E-state index is 0.0429.